The van der Waals surface area contributed by atoms with Crippen LogP contribution in [0.4, 0.5) is 0 Å². The van der Waals surface area contributed by atoms with E-state index >= 15 is 0 Å². The van der Waals surface area contributed by atoms with Crippen LogP contribution in [0.5, 0.6) is 0 Å². The highest BCUT2D eigenvalue weighted by molar-refractivity contribution is 5.68. The average Bonchev–Trinajstić information content (AvgIpc) is 2.71. The van der Waals surface area contributed by atoms with E-state index in [1.165, 1.54) is 6.20 Å². The predicted molar refractivity (Wildman–Crippen MR) is 51.0 cm³/mol. The van der Waals surface area contributed by atoms with Gasteiger partial charge in [-0.2, -0.15) is 0 Å². The molecule has 2 aromatic heterocycles. The molecule has 2 heterocycles. The minimum Gasteiger partial charge on any atom is -0.481 e. The minimum atomic E-state index is -0.968. The molecule has 0 aliphatic carbocycles. The van der Waals surface area contributed by atoms with Gasteiger partial charge >= 0.3 is 5.97 Å². The second-order valence-electron chi connectivity index (χ2n) is 2.91. The van der Waals surface area contributed by atoms with Gasteiger partial charge in [0.25, 0.3) is 0 Å². The number of hydrogen-bond donors (Lipinski definition) is 2. The van der Waals surface area contributed by atoms with Gasteiger partial charge < -0.3 is 10.1 Å². The zero-order chi connectivity index (χ0) is 10.7. The highest BCUT2D eigenvalue weighted by atomic mass is 16.4. The van der Waals surface area contributed by atoms with Crippen LogP contribution >= 0.6 is 0 Å². The summed E-state index contributed by atoms with van der Waals surface area (Å²) < 4.78 is 0. The van der Waals surface area contributed by atoms with Gasteiger partial charge in [-0.1, -0.05) is 0 Å². The van der Waals surface area contributed by atoms with Gasteiger partial charge in [-0.05, 0) is 12.1 Å². The lowest BCUT2D eigenvalue weighted by molar-refractivity contribution is -0.136. The Labute approximate surface area is 85.0 Å². The molecule has 0 unspecified atom stereocenters. The molecule has 6 heteroatoms. The van der Waals surface area contributed by atoms with Crippen molar-refractivity contribution in [2.75, 3.05) is 0 Å². The molecule has 0 saturated carbocycles. The maximum Gasteiger partial charge on any atom is 0.311 e. The molecule has 0 radical (unpaired) electrons. The Kier molecular flexibility index (Phi) is 2.40. The molecule has 0 saturated heterocycles. The summed E-state index contributed by atoms with van der Waals surface area (Å²) in [6.45, 7) is 0. The van der Waals surface area contributed by atoms with E-state index in [0.717, 1.165) is 5.69 Å². The molecular formula is C9H8N4O2. The van der Waals surface area contributed by atoms with Crippen molar-refractivity contribution in [3.63, 3.8) is 0 Å². The Bertz CT molecular complexity index is 449. The van der Waals surface area contributed by atoms with Gasteiger partial charge in [-0.15, -0.1) is 10.2 Å². The topological polar surface area (TPSA) is 91.8 Å². The van der Waals surface area contributed by atoms with Crippen LogP contribution in [0, 0.1) is 0 Å². The van der Waals surface area contributed by atoms with Crippen LogP contribution in [-0.4, -0.2) is 31.2 Å². The SMILES string of the molecule is O=C(O)Cc1ncc(-c2ccc[nH]2)nn1. The lowest BCUT2D eigenvalue weighted by Crippen LogP contribution is -2.06. The van der Waals surface area contributed by atoms with E-state index in [1.807, 2.05) is 12.1 Å². The molecule has 76 valence electrons. The fourth-order valence-corrected chi connectivity index (χ4v) is 1.13. The average molecular weight is 204 g/mol. The van der Waals surface area contributed by atoms with Gasteiger partial charge in [0, 0.05) is 6.20 Å². The molecule has 0 spiro atoms. The summed E-state index contributed by atoms with van der Waals surface area (Å²) in [4.78, 5) is 17.2. The van der Waals surface area contributed by atoms with Crippen LogP contribution in [0.15, 0.2) is 24.5 Å². The smallest absolute Gasteiger partial charge is 0.311 e. The van der Waals surface area contributed by atoms with Crippen LogP contribution in [0.25, 0.3) is 11.4 Å². The second-order valence-corrected chi connectivity index (χ2v) is 2.91. The maximum absolute atomic E-state index is 10.4. The molecule has 0 amide bonds. The summed E-state index contributed by atoms with van der Waals surface area (Å²) in [5.41, 5.74) is 1.39. The number of carboxylic acid groups (broad SMARTS) is 1. The van der Waals surface area contributed by atoms with Crippen LogP contribution in [0.3, 0.4) is 0 Å². The molecule has 2 N–H and O–H groups in total. The summed E-state index contributed by atoms with van der Waals surface area (Å²) in [5.74, 6) is -0.762. The maximum atomic E-state index is 10.4. The molecule has 0 fully saturated rings. The number of rotatable bonds is 3. The summed E-state index contributed by atoms with van der Waals surface area (Å²) in [6, 6.07) is 3.67. The summed E-state index contributed by atoms with van der Waals surface area (Å²) in [6.07, 6.45) is 3.05. The van der Waals surface area contributed by atoms with E-state index in [2.05, 4.69) is 20.2 Å². The number of nitrogens with zero attached hydrogens (tertiary/aromatic N) is 3. The third-order valence-electron chi connectivity index (χ3n) is 1.79. The van der Waals surface area contributed by atoms with Gasteiger partial charge in [-0.25, -0.2) is 4.98 Å². The third-order valence-corrected chi connectivity index (χ3v) is 1.79. The molecule has 0 aliphatic rings. The molecule has 0 atom stereocenters. The van der Waals surface area contributed by atoms with Gasteiger partial charge in [0.1, 0.15) is 12.1 Å². The first kappa shape index (κ1) is 9.32. The largest absolute Gasteiger partial charge is 0.481 e. The third kappa shape index (κ3) is 2.16. The van der Waals surface area contributed by atoms with Gasteiger partial charge in [-0.3, -0.25) is 4.79 Å². The molecule has 2 aromatic rings. The monoisotopic (exact) mass is 204 g/mol. The lowest BCUT2D eigenvalue weighted by Gasteiger charge is -1.97. The Morgan fingerprint density at radius 2 is 2.33 bits per heavy atom. The fraction of sp³-hybridized carbons (Fsp3) is 0.111. The van der Waals surface area contributed by atoms with Crippen molar-refractivity contribution >= 4 is 5.97 Å². The zero-order valence-electron chi connectivity index (χ0n) is 7.71. The van der Waals surface area contributed by atoms with Crippen molar-refractivity contribution < 1.29 is 9.90 Å². The van der Waals surface area contributed by atoms with Crippen molar-refractivity contribution in [3.05, 3.63) is 30.4 Å². The van der Waals surface area contributed by atoms with Crippen LogP contribution in [-0.2, 0) is 11.2 Å². The van der Waals surface area contributed by atoms with Crippen molar-refractivity contribution in [1.82, 2.24) is 20.2 Å². The number of aromatic amines is 1. The Hall–Kier alpha value is -2.24. The number of aliphatic carboxylic acids is 1. The van der Waals surface area contributed by atoms with E-state index in [1.54, 1.807) is 6.20 Å². The summed E-state index contributed by atoms with van der Waals surface area (Å²) >= 11 is 0. The van der Waals surface area contributed by atoms with E-state index in [9.17, 15) is 4.79 Å². The van der Waals surface area contributed by atoms with Crippen LogP contribution < -0.4 is 0 Å². The normalized spacial score (nSPS) is 10.1. The lowest BCUT2D eigenvalue weighted by atomic mass is 10.3. The summed E-state index contributed by atoms with van der Waals surface area (Å²) in [7, 11) is 0. The van der Waals surface area contributed by atoms with Crippen molar-refractivity contribution in [2.24, 2.45) is 0 Å². The first-order chi connectivity index (χ1) is 7.25. The van der Waals surface area contributed by atoms with Crippen molar-refractivity contribution in [1.29, 1.82) is 0 Å². The zero-order valence-corrected chi connectivity index (χ0v) is 7.71. The first-order valence-electron chi connectivity index (χ1n) is 4.30. The van der Waals surface area contributed by atoms with Crippen LogP contribution in [0.1, 0.15) is 5.82 Å². The molecule has 2 rings (SSSR count). The second kappa shape index (κ2) is 3.87. The van der Waals surface area contributed by atoms with E-state index < -0.39 is 5.97 Å². The molecule has 0 aromatic carbocycles. The predicted octanol–water partition coefficient (Wildman–Crippen LogP) is 0.494. The molecule has 15 heavy (non-hydrogen) atoms. The number of H-pyrrole nitrogens is 1. The Morgan fingerprint density at radius 3 is 2.87 bits per heavy atom. The molecule has 6 nitrogen and oxygen atoms in total. The van der Waals surface area contributed by atoms with Crippen molar-refractivity contribution in [2.45, 2.75) is 6.42 Å². The summed E-state index contributed by atoms with van der Waals surface area (Å²) in [5, 5.41) is 16.1. The molecular weight excluding hydrogens is 196 g/mol. The molecule has 0 aliphatic heterocycles. The fourth-order valence-electron chi connectivity index (χ4n) is 1.13. The number of hydrogen-bond acceptors (Lipinski definition) is 4. The first-order valence-corrected chi connectivity index (χ1v) is 4.30. The highest BCUT2D eigenvalue weighted by Crippen LogP contribution is 2.10. The van der Waals surface area contributed by atoms with E-state index in [0.29, 0.717) is 5.69 Å². The number of carboxylic acids is 1. The van der Waals surface area contributed by atoms with Gasteiger partial charge in [0.2, 0.25) is 0 Å². The van der Waals surface area contributed by atoms with Gasteiger partial charge in [0.05, 0.1) is 11.9 Å². The minimum absolute atomic E-state index is 0.206. The number of nitrogens with one attached hydrogen (secondary N) is 1. The van der Waals surface area contributed by atoms with Crippen LogP contribution in [0.2, 0.25) is 0 Å². The van der Waals surface area contributed by atoms with Gasteiger partial charge in [0.15, 0.2) is 5.82 Å². The quantitative estimate of drug-likeness (QED) is 0.759. The molecule has 0 bridgehead atoms. The Balaban J connectivity index is 2.21. The van der Waals surface area contributed by atoms with Crippen molar-refractivity contribution in [3.8, 4) is 11.4 Å². The number of aromatic nitrogens is 4. The van der Waals surface area contributed by atoms with E-state index in [4.69, 9.17) is 5.11 Å². The standard InChI is InChI=1S/C9H8N4O2/c14-9(15)4-8-11-5-7(12-13-8)6-2-1-3-10-6/h1-3,5,10H,4H2,(H,14,15). The number of carbonyl (C=O) groups is 1. The highest BCUT2D eigenvalue weighted by Gasteiger charge is 2.05. The van der Waals surface area contributed by atoms with E-state index in [-0.39, 0.29) is 12.2 Å². The Morgan fingerprint density at radius 1 is 1.47 bits per heavy atom.